The SMILES string of the molecule is COc1cc(/C=N\NC(=O)CSc2nnc(SCc3ccc(C)cc3)s2)ccc1O. The number of methoxy groups -OCH3 is 1. The minimum absolute atomic E-state index is 0.0449. The Labute approximate surface area is 187 Å². The second-order valence-electron chi connectivity index (χ2n) is 6.12. The molecule has 30 heavy (non-hydrogen) atoms. The Balaban J connectivity index is 1.42. The standard InChI is InChI=1S/C20H20N4O3S3/c1-13-3-5-14(6-4-13)11-28-19-23-24-20(30-19)29-12-18(26)22-21-10-15-7-8-16(25)17(9-15)27-2/h3-10,25H,11-12H2,1-2H3,(H,22,26)/b21-10-. The molecule has 1 heterocycles. The van der Waals surface area contributed by atoms with Crippen LogP contribution >= 0.6 is 34.9 Å². The van der Waals surface area contributed by atoms with Crippen LogP contribution in [-0.4, -0.2) is 40.3 Å². The zero-order valence-corrected chi connectivity index (χ0v) is 18.8. The van der Waals surface area contributed by atoms with Crippen LogP contribution in [0.2, 0.25) is 0 Å². The van der Waals surface area contributed by atoms with Crippen LogP contribution in [0.4, 0.5) is 0 Å². The molecule has 3 aromatic rings. The van der Waals surface area contributed by atoms with Gasteiger partial charge in [-0.3, -0.25) is 4.79 Å². The van der Waals surface area contributed by atoms with Gasteiger partial charge in [-0.25, -0.2) is 5.43 Å². The predicted molar refractivity (Wildman–Crippen MR) is 122 cm³/mol. The van der Waals surface area contributed by atoms with Crippen molar-refractivity contribution in [1.29, 1.82) is 0 Å². The molecule has 0 atom stereocenters. The molecular weight excluding hydrogens is 440 g/mol. The lowest BCUT2D eigenvalue weighted by molar-refractivity contribution is -0.118. The van der Waals surface area contributed by atoms with Crippen molar-refractivity contribution in [3.63, 3.8) is 0 Å². The minimum atomic E-state index is -0.244. The number of carbonyl (C=O) groups excluding carboxylic acids is 1. The quantitative estimate of drug-likeness (QED) is 0.282. The Morgan fingerprint density at radius 1 is 1.20 bits per heavy atom. The number of phenols is 1. The summed E-state index contributed by atoms with van der Waals surface area (Å²) in [6.07, 6.45) is 1.48. The van der Waals surface area contributed by atoms with E-state index in [0.29, 0.717) is 11.3 Å². The highest BCUT2D eigenvalue weighted by Crippen LogP contribution is 2.30. The Bertz CT molecular complexity index is 1020. The van der Waals surface area contributed by atoms with Gasteiger partial charge in [-0.1, -0.05) is 64.7 Å². The van der Waals surface area contributed by atoms with Gasteiger partial charge < -0.3 is 9.84 Å². The molecule has 0 saturated heterocycles. The largest absolute Gasteiger partial charge is 0.504 e. The number of amides is 1. The maximum absolute atomic E-state index is 12.0. The van der Waals surface area contributed by atoms with Crippen LogP contribution in [0.3, 0.4) is 0 Å². The van der Waals surface area contributed by atoms with Gasteiger partial charge in [-0.15, -0.1) is 10.2 Å². The van der Waals surface area contributed by atoms with Crippen molar-refractivity contribution in [1.82, 2.24) is 15.6 Å². The zero-order valence-electron chi connectivity index (χ0n) is 16.4. The number of hydrogen-bond donors (Lipinski definition) is 2. The van der Waals surface area contributed by atoms with Gasteiger partial charge in [-0.05, 0) is 36.2 Å². The average Bonchev–Trinajstić information content (AvgIpc) is 3.21. The monoisotopic (exact) mass is 460 g/mol. The predicted octanol–water partition coefficient (Wildman–Crippen LogP) is 4.10. The number of aryl methyl sites for hydroxylation is 1. The van der Waals surface area contributed by atoms with Crippen molar-refractivity contribution < 1.29 is 14.6 Å². The van der Waals surface area contributed by atoms with Gasteiger partial charge in [0.2, 0.25) is 0 Å². The summed E-state index contributed by atoms with van der Waals surface area (Å²) < 4.78 is 6.65. The van der Waals surface area contributed by atoms with Crippen LogP contribution in [0, 0.1) is 6.92 Å². The van der Waals surface area contributed by atoms with Crippen molar-refractivity contribution >= 4 is 47.0 Å². The van der Waals surface area contributed by atoms with E-state index in [9.17, 15) is 9.90 Å². The van der Waals surface area contributed by atoms with E-state index in [-0.39, 0.29) is 17.4 Å². The molecule has 156 valence electrons. The van der Waals surface area contributed by atoms with Gasteiger partial charge in [0, 0.05) is 5.75 Å². The molecular formula is C20H20N4O3S3. The average molecular weight is 461 g/mol. The smallest absolute Gasteiger partial charge is 0.250 e. The molecule has 0 saturated carbocycles. The highest BCUT2D eigenvalue weighted by atomic mass is 32.2. The molecule has 1 amide bonds. The van der Waals surface area contributed by atoms with E-state index in [0.717, 1.165) is 14.4 Å². The number of rotatable bonds is 9. The van der Waals surface area contributed by atoms with Crippen LogP contribution in [0.25, 0.3) is 0 Å². The second-order valence-corrected chi connectivity index (χ2v) is 9.54. The first kappa shape index (κ1) is 22.1. The molecule has 1 aromatic heterocycles. The summed E-state index contributed by atoms with van der Waals surface area (Å²) in [5.74, 6) is 1.16. The first-order chi connectivity index (χ1) is 14.5. The number of aromatic hydroxyl groups is 1. The van der Waals surface area contributed by atoms with Crippen molar-refractivity contribution in [3.05, 3.63) is 59.2 Å². The molecule has 0 unspecified atom stereocenters. The molecule has 0 radical (unpaired) electrons. The Morgan fingerprint density at radius 2 is 1.93 bits per heavy atom. The summed E-state index contributed by atoms with van der Waals surface area (Å²) in [6, 6.07) is 13.2. The lowest BCUT2D eigenvalue weighted by Crippen LogP contribution is -2.19. The van der Waals surface area contributed by atoms with E-state index >= 15 is 0 Å². The number of carbonyl (C=O) groups is 1. The van der Waals surface area contributed by atoms with Gasteiger partial charge in [0.1, 0.15) is 0 Å². The molecule has 0 aliphatic heterocycles. The number of ether oxygens (including phenoxy) is 1. The summed E-state index contributed by atoms with van der Waals surface area (Å²) in [6.45, 7) is 2.07. The number of hydrazone groups is 1. The molecule has 0 fully saturated rings. The first-order valence-electron chi connectivity index (χ1n) is 8.87. The summed E-state index contributed by atoms with van der Waals surface area (Å²) in [5.41, 5.74) is 5.64. The fourth-order valence-electron chi connectivity index (χ4n) is 2.26. The number of phenolic OH excluding ortho intramolecular Hbond substituents is 1. The Morgan fingerprint density at radius 3 is 2.67 bits per heavy atom. The molecule has 7 nitrogen and oxygen atoms in total. The molecule has 0 aliphatic rings. The number of nitrogens with one attached hydrogen (secondary N) is 1. The summed E-state index contributed by atoms with van der Waals surface area (Å²) in [4.78, 5) is 12.0. The van der Waals surface area contributed by atoms with Crippen molar-refractivity contribution in [2.75, 3.05) is 12.9 Å². The molecule has 0 spiro atoms. The normalized spacial score (nSPS) is 11.0. The molecule has 0 bridgehead atoms. The first-order valence-corrected chi connectivity index (χ1v) is 11.7. The maximum Gasteiger partial charge on any atom is 0.250 e. The molecule has 3 rings (SSSR count). The third-order valence-electron chi connectivity index (χ3n) is 3.80. The van der Waals surface area contributed by atoms with Crippen molar-refractivity contribution in [3.8, 4) is 11.5 Å². The van der Waals surface area contributed by atoms with Gasteiger partial charge in [-0.2, -0.15) is 5.10 Å². The fourth-order valence-corrected chi connectivity index (χ4v) is 5.02. The van der Waals surface area contributed by atoms with Crippen LogP contribution < -0.4 is 10.2 Å². The lowest BCUT2D eigenvalue weighted by Gasteiger charge is -2.03. The molecule has 2 aromatic carbocycles. The summed E-state index contributed by atoms with van der Waals surface area (Å²) in [5, 5.41) is 21.8. The van der Waals surface area contributed by atoms with Crippen LogP contribution in [0.1, 0.15) is 16.7 Å². The number of aromatic nitrogens is 2. The highest BCUT2D eigenvalue weighted by molar-refractivity contribution is 8.03. The van der Waals surface area contributed by atoms with E-state index in [1.807, 2.05) is 0 Å². The number of thioether (sulfide) groups is 2. The van der Waals surface area contributed by atoms with E-state index in [1.54, 1.807) is 23.9 Å². The fraction of sp³-hybridized carbons (Fsp3) is 0.200. The van der Waals surface area contributed by atoms with Gasteiger partial charge in [0.15, 0.2) is 20.2 Å². The van der Waals surface area contributed by atoms with Crippen molar-refractivity contribution in [2.45, 2.75) is 21.4 Å². The topological polar surface area (TPSA) is 96.7 Å². The third-order valence-corrected chi connectivity index (χ3v) is 7.07. The molecule has 10 heteroatoms. The highest BCUT2D eigenvalue weighted by Gasteiger charge is 2.09. The number of benzene rings is 2. The van der Waals surface area contributed by atoms with E-state index in [2.05, 4.69) is 51.9 Å². The van der Waals surface area contributed by atoms with E-state index in [1.165, 1.54) is 53.6 Å². The van der Waals surface area contributed by atoms with Gasteiger partial charge in [0.25, 0.3) is 5.91 Å². The summed E-state index contributed by atoms with van der Waals surface area (Å²) in [7, 11) is 1.47. The van der Waals surface area contributed by atoms with Gasteiger partial charge in [0.05, 0.1) is 19.1 Å². The zero-order chi connectivity index (χ0) is 21.3. The third kappa shape index (κ3) is 6.75. The minimum Gasteiger partial charge on any atom is -0.504 e. The Kier molecular flexibility index (Phi) is 8.12. The van der Waals surface area contributed by atoms with Crippen LogP contribution in [0.5, 0.6) is 11.5 Å². The maximum atomic E-state index is 12.0. The van der Waals surface area contributed by atoms with Crippen LogP contribution in [0.15, 0.2) is 56.2 Å². The van der Waals surface area contributed by atoms with Crippen molar-refractivity contribution in [2.24, 2.45) is 5.10 Å². The van der Waals surface area contributed by atoms with E-state index < -0.39 is 0 Å². The number of hydrogen-bond acceptors (Lipinski definition) is 9. The second kappa shape index (κ2) is 11.0. The number of nitrogens with zero attached hydrogens (tertiary/aromatic N) is 3. The molecule has 2 N–H and O–H groups in total. The van der Waals surface area contributed by atoms with Crippen LogP contribution in [-0.2, 0) is 10.5 Å². The Hall–Kier alpha value is -2.56. The van der Waals surface area contributed by atoms with Gasteiger partial charge >= 0.3 is 0 Å². The molecule has 0 aliphatic carbocycles. The summed E-state index contributed by atoms with van der Waals surface area (Å²) >= 11 is 4.42. The lowest BCUT2D eigenvalue weighted by atomic mass is 10.2. The van der Waals surface area contributed by atoms with E-state index in [4.69, 9.17) is 4.74 Å².